The molecule has 20 heavy (non-hydrogen) atoms. The van der Waals surface area contributed by atoms with Crippen molar-refractivity contribution in [2.24, 2.45) is 5.41 Å². The first-order chi connectivity index (χ1) is 9.65. The zero-order valence-corrected chi connectivity index (χ0v) is 12.1. The number of aliphatic hydroxyl groups excluding tert-OH is 1. The van der Waals surface area contributed by atoms with Crippen molar-refractivity contribution in [1.29, 1.82) is 0 Å². The molecule has 4 nitrogen and oxygen atoms in total. The largest absolute Gasteiger partial charge is 0.396 e. The minimum atomic E-state index is -0.291. The molecule has 2 atom stereocenters. The van der Waals surface area contributed by atoms with Gasteiger partial charge in [-0.25, -0.2) is 0 Å². The minimum absolute atomic E-state index is 0.112. The highest BCUT2D eigenvalue weighted by Gasteiger charge is 2.36. The van der Waals surface area contributed by atoms with Crippen molar-refractivity contribution in [3.8, 4) is 0 Å². The fourth-order valence-electron chi connectivity index (χ4n) is 2.71. The number of aliphatic hydroxyl groups is 1. The van der Waals surface area contributed by atoms with Gasteiger partial charge in [-0.2, -0.15) is 0 Å². The van der Waals surface area contributed by atoms with E-state index in [4.69, 9.17) is 0 Å². The number of carbonyl (C=O) groups is 1. The van der Waals surface area contributed by atoms with Crippen LogP contribution in [0.3, 0.4) is 0 Å². The van der Waals surface area contributed by atoms with E-state index in [0.29, 0.717) is 13.0 Å². The molecule has 1 saturated heterocycles. The van der Waals surface area contributed by atoms with E-state index in [1.54, 1.807) is 0 Å². The van der Waals surface area contributed by atoms with E-state index in [-0.39, 0.29) is 23.8 Å². The molecule has 1 aliphatic rings. The average molecular weight is 276 g/mol. The van der Waals surface area contributed by atoms with E-state index in [1.165, 1.54) is 0 Å². The van der Waals surface area contributed by atoms with Crippen molar-refractivity contribution in [2.75, 3.05) is 26.2 Å². The molecule has 0 radical (unpaired) electrons. The normalized spacial score (nSPS) is 23.5. The van der Waals surface area contributed by atoms with Gasteiger partial charge < -0.3 is 15.7 Å². The Morgan fingerprint density at radius 3 is 2.80 bits per heavy atom. The summed E-state index contributed by atoms with van der Waals surface area (Å²) in [6.07, 6.45) is 1.55. The predicted molar refractivity (Wildman–Crippen MR) is 79.5 cm³/mol. The summed E-state index contributed by atoms with van der Waals surface area (Å²) >= 11 is 0. The quantitative estimate of drug-likeness (QED) is 0.733. The molecule has 3 N–H and O–H groups in total. The Labute approximate surface area is 120 Å². The zero-order valence-electron chi connectivity index (χ0n) is 12.1. The van der Waals surface area contributed by atoms with Gasteiger partial charge in [-0.1, -0.05) is 30.3 Å². The highest BCUT2D eigenvalue weighted by molar-refractivity contribution is 5.82. The van der Waals surface area contributed by atoms with Crippen LogP contribution >= 0.6 is 0 Å². The van der Waals surface area contributed by atoms with Gasteiger partial charge in [0.15, 0.2) is 0 Å². The number of hydrogen-bond donors (Lipinski definition) is 3. The Bertz CT molecular complexity index is 427. The SMILES string of the molecule is CC1(C(=O)NCC(CCO)c2ccccc2)CCNC1. The van der Waals surface area contributed by atoms with Crippen LogP contribution in [0.4, 0.5) is 0 Å². The Hall–Kier alpha value is -1.39. The van der Waals surface area contributed by atoms with Crippen molar-refractivity contribution in [1.82, 2.24) is 10.6 Å². The maximum absolute atomic E-state index is 12.3. The van der Waals surface area contributed by atoms with E-state index >= 15 is 0 Å². The molecule has 1 aromatic rings. The van der Waals surface area contributed by atoms with Gasteiger partial charge in [-0.05, 0) is 31.9 Å². The van der Waals surface area contributed by atoms with E-state index in [9.17, 15) is 9.90 Å². The predicted octanol–water partition coefficient (Wildman–Crippen LogP) is 1.27. The Morgan fingerprint density at radius 2 is 2.20 bits per heavy atom. The van der Waals surface area contributed by atoms with Crippen LogP contribution in [0.25, 0.3) is 0 Å². The molecule has 0 aromatic heterocycles. The van der Waals surface area contributed by atoms with Crippen LogP contribution in [0.15, 0.2) is 30.3 Å². The molecule has 0 aliphatic carbocycles. The van der Waals surface area contributed by atoms with Crippen LogP contribution in [0, 0.1) is 5.41 Å². The number of amides is 1. The highest BCUT2D eigenvalue weighted by atomic mass is 16.3. The van der Waals surface area contributed by atoms with Crippen LogP contribution in [-0.2, 0) is 4.79 Å². The smallest absolute Gasteiger partial charge is 0.227 e. The van der Waals surface area contributed by atoms with Crippen LogP contribution in [-0.4, -0.2) is 37.3 Å². The van der Waals surface area contributed by atoms with Crippen LogP contribution < -0.4 is 10.6 Å². The Kier molecular flexibility index (Phi) is 5.15. The van der Waals surface area contributed by atoms with Gasteiger partial charge >= 0.3 is 0 Å². The van der Waals surface area contributed by atoms with Crippen LogP contribution in [0.1, 0.15) is 31.2 Å². The van der Waals surface area contributed by atoms with Crippen molar-refractivity contribution in [3.63, 3.8) is 0 Å². The summed E-state index contributed by atoms with van der Waals surface area (Å²) in [5, 5.41) is 15.5. The summed E-state index contributed by atoms with van der Waals surface area (Å²) in [6, 6.07) is 10.0. The number of hydrogen-bond acceptors (Lipinski definition) is 3. The summed E-state index contributed by atoms with van der Waals surface area (Å²) in [5.41, 5.74) is 0.872. The van der Waals surface area contributed by atoms with Crippen molar-refractivity contribution >= 4 is 5.91 Å². The summed E-state index contributed by atoms with van der Waals surface area (Å²) in [5.74, 6) is 0.282. The van der Waals surface area contributed by atoms with E-state index < -0.39 is 0 Å². The topological polar surface area (TPSA) is 61.4 Å². The standard InChI is InChI=1S/C16H24N2O2/c1-16(8-9-17-12-16)15(20)18-11-14(7-10-19)13-5-3-2-4-6-13/h2-6,14,17,19H,7-12H2,1H3,(H,18,20). The van der Waals surface area contributed by atoms with Crippen molar-refractivity contribution < 1.29 is 9.90 Å². The zero-order chi connectivity index (χ0) is 14.4. The van der Waals surface area contributed by atoms with Crippen molar-refractivity contribution in [3.05, 3.63) is 35.9 Å². The fraction of sp³-hybridized carbons (Fsp3) is 0.562. The first kappa shape index (κ1) is 15.0. The van der Waals surface area contributed by atoms with Gasteiger partial charge in [0.25, 0.3) is 0 Å². The Morgan fingerprint density at radius 1 is 1.45 bits per heavy atom. The first-order valence-corrected chi connectivity index (χ1v) is 7.30. The molecule has 1 amide bonds. The molecule has 110 valence electrons. The van der Waals surface area contributed by atoms with Gasteiger partial charge in [-0.15, -0.1) is 0 Å². The molecule has 1 fully saturated rings. The number of rotatable bonds is 6. The third-order valence-electron chi connectivity index (χ3n) is 4.17. The lowest BCUT2D eigenvalue weighted by Gasteiger charge is -2.24. The van der Waals surface area contributed by atoms with Gasteiger partial charge in [-0.3, -0.25) is 4.79 Å². The minimum Gasteiger partial charge on any atom is -0.396 e. The lowest BCUT2D eigenvalue weighted by Crippen LogP contribution is -2.42. The lowest BCUT2D eigenvalue weighted by molar-refractivity contribution is -0.129. The fourth-order valence-corrected chi connectivity index (χ4v) is 2.71. The third-order valence-corrected chi connectivity index (χ3v) is 4.17. The summed E-state index contributed by atoms with van der Waals surface area (Å²) < 4.78 is 0. The molecule has 0 saturated carbocycles. The molecular formula is C16H24N2O2. The molecule has 1 heterocycles. The van der Waals surface area contributed by atoms with Gasteiger partial charge in [0.1, 0.15) is 0 Å². The second kappa shape index (κ2) is 6.86. The molecule has 0 spiro atoms. The van der Waals surface area contributed by atoms with Gasteiger partial charge in [0.05, 0.1) is 5.41 Å². The second-order valence-electron chi connectivity index (χ2n) is 5.82. The number of benzene rings is 1. The average Bonchev–Trinajstić information content (AvgIpc) is 2.92. The maximum atomic E-state index is 12.3. The maximum Gasteiger partial charge on any atom is 0.227 e. The molecule has 0 bridgehead atoms. The Balaban J connectivity index is 1.94. The lowest BCUT2D eigenvalue weighted by atomic mass is 9.88. The van der Waals surface area contributed by atoms with E-state index in [2.05, 4.69) is 10.6 Å². The van der Waals surface area contributed by atoms with Crippen LogP contribution in [0.2, 0.25) is 0 Å². The van der Waals surface area contributed by atoms with E-state index in [0.717, 1.165) is 25.1 Å². The first-order valence-electron chi connectivity index (χ1n) is 7.30. The molecule has 2 rings (SSSR count). The summed E-state index contributed by atoms with van der Waals surface area (Å²) in [4.78, 5) is 12.3. The molecule has 2 unspecified atom stereocenters. The summed E-state index contributed by atoms with van der Waals surface area (Å²) in [7, 11) is 0. The number of carbonyl (C=O) groups excluding carboxylic acids is 1. The number of nitrogens with one attached hydrogen (secondary N) is 2. The molecule has 1 aromatic carbocycles. The van der Waals surface area contributed by atoms with E-state index in [1.807, 2.05) is 37.3 Å². The molecule has 1 aliphatic heterocycles. The van der Waals surface area contributed by atoms with Gasteiger partial charge in [0.2, 0.25) is 5.91 Å². The van der Waals surface area contributed by atoms with Crippen molar-refractivity contribution in [2.45, 2.75) is 25.7 Å². The summed E-state index contributed by atoms with van der Waals surface area (Å²) in [6.45, 7) is 4.37. The third kappa shape index (κ3) is 3.58. The monoisotopic (exact) mass is 276 g/mol. The highest BCUT2D eigenvalue weighted by Crippen LogP contribution is 2.25. The van der Waals surface area contributed by atoms with Gasteiger partial charge in [0, 0.05) is 25.6 Å². The second-order valence-corrected chi connectivity index (χ2v) is 5.82. The molecule has 4 heteroatoms. The molecular weight excluding hydrogens is 252 g/mol. The van der Waals surface area contributed by atoms with Crippen LogP contribution in [0.5, 0.6) is 0 Å².